The average molecular weight is 370 g/mol. The molecule has 4 heteroatoms. The van der Waals surface area contributed by atoms with Crippen molar-refractivity contribution in [2.24, 2.45) is 0 Å². The van der Waals surface area contributed by atoms with E-state index in [1.165, 1.54) is 5.56 Å². The summed E-state index contributed by atoms with van der Waals surface area (Å²) in [5.74, 6) is 0. The predicted molar refractivity (Wildman–Crippen MR) is 108 cm³/mol. The van der Waals surface area contributed by atoms with Gasteiger partial charge in [0.1, 0.15) is 6.10 Å². The molecule has 0 spiro atoms. The van der Waals surface area contributed by atoms with Crippen molar-refractivity contribution in [2.75, 3.05) is 13.2 Å². The Hall–Kier alpha value is -1.72. The molecule has 0 aliphatic heterocycles. The van der Waals surface area contributed by atoms with Gasteiger partial charge in [-0.25, -0.2) is 0 Å². The molecule has 2 atom stereocenters. The summed E-state index contributed by atoms with van der Waals surface area (Å²) >= 11 is 0. The van der Waals surface area contributed by atoms with Gasteiger partial charge >= 0.3 is 0 Å². The first-order valence-corrected chi connectivity index (χ1v) is 9.95. The van der Waals surface area contributed by atoms with Crippen molar-refractivity contribution >= 4 is 0 Å². The number of rotatable bonds is 8. The Labute approximate surface area is 162 Å². The minimum Gasteiger partial charge on any atom is -0.393 e. The summed E-state index contributed by atoms with van der Waals surface area (Å²) in [4.78, 5) is 0. The molecule has 3 N–H and O–H groups in total. The Morgan fingerprint density at radius 3 is 2.37 bits per heavy atom. The Morgan fingerprint density at radius 1 is 1.00 bits per heavy atom. The molecular formula is C23H31NO3. The van der Waals surface area contributed by atoms with Crippen LogP contribution in [-0.2, 0) is 4.74 Å². The van der Waals surface area contributed by atoms with E-state index in [0.29, 0.717) is 12.6 Å². The maximum absolute atomic E-state index is 10.4. The molecule has 0 saturated heterocycles. The quantitative estimate of drug-likeness (QED) is 0.668. The lowest BCUT2D eigenvalue weighted by atomic mass is 9.93. The lowest BCUT2D eigenvalue weighted by Gasteiger charge is -2.28. The summed E-state index contributed by atoms with van der Waals surface area (Å²) < 4.78 is 6.18. The smallest absolute Gasteiger partial charge is 0.108 e. The van der Waals surface area contributed by atoms with E-state index in [2.05, 4.69) is 36.5 Å². The van der Waals surface area contributed by atoms with Crippen LogP contribution < -0.4 is 5.32 Å². The molecule has 2 aromatic rings. The minimum atomic E-state index is -0.563. The number of aliphatic hydroxyl groups is 2. The summed E-state index contributed by atoms with van der Waals surface area (Å²) in [6.07, 6.45) is 2.70. The molecule has 146 valence electrons. The highest BCUT2D eigenvalue weighted by Crippen LogP contribution is 2.28. The number of aliphatic hydroxyl groups excluding tert-OH is 2. The van der Waals surface area contributed by atoms with Gasteiger partial charge in [0, 0.05) is 12.6 Å². The zero-order valence-corrected chi connectivity index (χ0v) is 16.1. The second-order valence-electron chi connectivity index (χ2n) is 7.55. The molecule has 1 saturated carbocycles. The zero-order valence-electron chi connectivity index (χ0n) is 16.1. The molecule has 0 radical (unpaired) electrons. The molecular weight excluding hydrogens is 338 g/mol. The standard InChI is InChI=1S/C23H31NO3/c1-17-7-5-6-10-22(17)23(18-8-3-2-4-9-18)27-16-21(26)15-24-19-11-13-20(25)14-12-19/h2-10,19-21,23-26H,11-16H2,1H3. The summed E-state index contributed by atoms with van der Waals surface area (Å²) in [6.45, 7) is 2.87. The monoisotopic (exact) mass is 369 g/mol. The van der Waals surface area contributed by atoms with Gasteiger partial charge in [-0.2, -0.15) is 0 Å². The van der Waals surface area contributed by atoms with E-state index in [4.69, 9.17) is 4.74 Å². The van der Waals surface area contributed by atoms with Crippen molar-refractivity contribution in [3.63, 3.8) is 0 Å². The fraction of sp³-hybridized carbons (Fsp3) is 0.478. The van der Waals surface area contributed by atoms with Crippen LogP contribution in [0.25, 0.3) is 0 Å². The van der Waals surface area contributed by atoms with Crippen LogP contribution in [0.5, 0.6) is 0 Å². The zero-order chi connectivity index (χ0) is 19.1. The third-order valence-corrected chi connectivity index (χ3v) is 5.37. The van der Waals surface area contributed by atoms with Gasteiger partial charge in [0.15, 0.2) is 0 Å². The highest BCUT2D eigenvalue weighted by Gasteiger charge is 2.21. The maximum atomic E-state index is 10.4. The van der Waals surface area contributed by atoms with Crippen molar-refractivity contribution in [3.05, 3.63) is 71.3 Å². The van der Waals surface area contributed by atoms with E-state index in [1.807, 2.05) is 30.3 Å². The van der Waals surface area contributed by atoms with Gasteiger partial charge in [0.05, 0.1) is 18.8 Å². The molecule has 0 bridgehead atoms. The van der Waals surface area contributed by atoms with Crippen LogP contribution in [0.3, 0.4) is 0 Å². The van der Waals surface area contributed by atoms with Crippen molar-refractivity contribution in [1.29, 1.82) is 0 Å². The van der Waals surface area contributed by atoms with Crippen LogP contribution in [0, 0.1) is 6.92 Å². The van der Waals surface area contributed by atoms with Crippen LogP contribution in [0.2, 0.25) is 0 Å². The van der Waals surface area contributed by atoms with Gasteiger partial charge in [-0.3, -0.25) is 0 Å². The van der Waals surface area contributed by atoms with Crippen molar-refractivity contribution < 1.29 is 14.9 Å². The fourth-order valence-corrected chi connectivity index (χ4v) is 3.72. The second-order valence-corrected chi connectivity index (χ2v) is 7.55. The van der Waals surface area contributed by atoms with Crippen LogP contribution in [0.15, 0.2) is 54.6 Å². The van der Waals surface area contributed by atoms with Crippen LogP contribution >= 0.6 is 0 Å². The number of ether oxygens (including phenoxy) is 1. The van der Waals surface area contributed by atoms with E-state index in [9.17, 15) is 10.2 Å². The predicted octanol–water partition coefficient (Wildman–Crippen LogP) is 3.36. The van der Waals surface area contributed by atoms with Crippen molar-refractivity contribution in [3.8, 4) is 0 Å². The summed E-state index contributed by atoms with van der Waals surface area (Å²) in [6, 6.07) is 18.8. The number of nitrogens with one attached hydrogen (secondary N) is 1. The maximum Gasteiger partial charge on any atom is 0.108 e. The summed E-state index contributed by atoms with van der Waals surface area (Å²) in [5.41, 5.74) is 3.40. The van der Waals surface area contributed by atoms with E-state index >= 15 is 0 Å². The van der Waals surface area contributed by atoms with Gasteiger partial charge in [-0.15, -0.1) is 0 Å². The Kier molecular flexibility index (Phi) is 7.41. The number of aryl methyl sites for hydroxylation is 1. The first-order valence-electron chi connectivity index (χ1n) is 9.95. The third kappa shape index (κ3) is 5.88. The molecule has 1 fully saturated rings. The summed E-state index contributed by atoms with van der Waals surface area (Å²) in [5, 5.41) is 23.4. The van der Waals surface area contributed by atoms with Gasteiger partial charge in [0.25, 0.3) is 0 Å². The molecule has 2 aromatic carbocycles. The van der Waals surface area contributed by atoms with Gasteiger partial charge in [-0.05, 0) is 49.3 Å². The highest BCUT2D eigenvalue weighted by atomic mass is 16.5. The number of hydrogen-bond donors (Lipinski definition) is 3. The first-order chi connectivity index (χ1) is 13.1. The van der Waals surface area contributed by atoms with E-state index < -0.39 is 6.10 Å². The van der Waals surface area contributed by atoms with Gasteiger partial charge in [-0.1, -0.05) is 54.6 Å². The normalized spacial score (nSPS) is 22.3. The molecule has 27 heavy (non-hydrogen) atoms. The Morgan fingerprint density at radius 2 is 1.67 bits per heavy atom. The van der Waals surface area contributed by atoms with Gasteiger partial charge in [0.2, 0.25) is 0 Å². The SMILES string of the molecule is Cc1ccccc1C(OCC(O)CNC1CCC(O)CC1)c1ccccc1. The molecule has 1 aliphatic rings. The molecule has 4 nitrogen and oxygen atoms in total. The lowest BCUT2D eigenvalue weighted by molar-refractivity contribution is 0.00427. The Bertz CT molecular complexity index is 683. The summed E-state index contributed by atoms with van der Waals surface area (Å²) in [7, 11) is 0. The van der Waals surface area contributed by atoms with Gasteiger partial charge < -0.3 is 20.3 Å². The van der Waals surface area contributed by atoms with Crippen LogP contribution in [-0.4, -0.2) is 41.6 Å². The van der Waals surface area contributed by atoms with E-state index in [0.717, 1.165) is 36.8 Å². The van der Waals surface area contributed by atoms with Crippen molar-refractivity contribution in [1.82, 2.24) is 5.32 Å². The van der Waals surface area contributed by atoms with E-state index in [-0.39, 0.29) is 18.8 Å². The largest absolute Gasteiger partial charge is 0.393 e. The molecule has 1 aliphatic carbocycles. The molecule has 2 unspecified atom stereocenters. The molecule has 0 heterocycles. The number of hydrogen-bond acceptors (Lipinski definition) is 4. The molecule has 0 amide bonds. The van der Waals surface area contributed by atoms with Crippen molar-refractivity contribution in [2.45, 2.75) is 57.0 Å². The second kappa shape index (κ2) is 10.00. The van der Waals surface area contributed by atoms with E-state index in [1.54, 1.807) is 0 Å². The topological polar surface area (TPSA) is 61.7 Å². The highest BCUT2D eigenvalue weighted by molar-refractivity contribution is 5.35. The Balaban J connectivity index is 1.57. The fourth-order valence-electron chi connectivity index (χ4n) is 3.72. The third-order valence-electron chi connectivity index (χ3n) is 5.37. The lowest BCUT2D eigenvalue weighted by Crippen LogP contribution is -2.40. The van der Waals surface area contributed by atoms with Crippen LogP contribution in [0.4, 0.5) is 0 Å². The molecule has 0 aromatic heterocycles. The minimum absolute atomic E-state index is 0.156. The number of benzene rings is 2. The van der Waals surface area contributed by atoms with Crippen LogP contribution in [0.1, 0.15) is 48.5 Å². The average Bonchev–Trinajstić information content (AvgIpc) is 2.70. The first kappa shape index (κ1) is 20.0. The molecule has 3 rings (SSSR count).